The van der Waals surface area contributed by atoms with E-state index in [1.807, 2.05) is 44.4 Å². The monoisotopic (exact) mass is 467 g/mol. The molecule has 0 fully saturated rings. The molecule has 10 heteroatoms. The van der Waals surface area contributed by atoms with Crippen LogP contribution < -0.4 is 15.8 Å². The second-order valence-electron chi connectivity index (χ2n) is 8.34. The largest absolute Gasteiger partial charge is 0.347 e. The average molecular weight is 468 g/mol. The molecule has 34 heavy (non-hydrogen) atoms. The van der Waals surface area contributed by atoms with Crippen molar-refractivity contribution in [3.8, 4) is 0 Å². The van der Waals surface area contributed by atoms with E-state index in [-0.39, 0.29) is 25.0 Å². The number of anilines is 2. The lowest BCUT2D eigenvalue weighted by atomic mass is 10.00. The molecule has 10 nitrogen and oxygen atoms in total. The Balaban J connectivity index is 1.70. The minimum atomic E-state index is -0.461. The highest BCUT2D eigenvalue weighted by Crippen LogP contribution is 2.15. The molecule has 2 heterocycles. The van der Waals surface area contributed by atoms with Gasteiger partial charge in [-0.2, -0.15) is 15.0 Å². The van der Waals surface area contributed by atoms with Crippen LogP contribution in [0.15, 0.2) is 42.5 Å². The zero-order valence-corrected chi connectivity index (χ0v) is 19.8. The Hall–Kier alpha value is -3.53. The van der Waals surface area contributed by atoms with Crippen molar-refractivity contribution in [3.05, 3.63) is 53.9 Å². The predicted molar refractivity (Wildman–Crippen MR) is 129 cm³/mol. The molecule has 2 N–H and O–H groups in total. The second-order valence-corrected chi connectivity index (χ2v) is 8.34. The van der Waals surface area contributed by atoms with Crippen molar-refractivity contribution in [2.24, 2.45) is 5.92 Å². The Labute approximate surface area is 200 Å². The summed E-state index contributed by atoms with van der Waals surface area (Å²) in [5, 5.41) is 1.19. The molecule has 182 valence electrons. The summed E-state index contributed by atoms with van der Waals surface area (Å²) in [5.74, 6) is 0.708. The van der Waals surface area contributed by atoms with Gasteiger partial charge in [-0.1, -0.05) is 48.9 Å². The number of hydrogen-bond acceptors (Lipinski definition) is 8. The van der Waals surface area contributed by atoms with Crippen molar-refractivity contribution in [2.75, 3.05) is 31.0 Å². The first kappa shape index (κ1) is 25.1. The number of nitrogens with zero attached hydrogens (tertiary/aromatic N) is 5. The first-order valence-corrected chi connectivity index (χ1v) is 11.6. The van der Waals surface area contributed by atoms with Gasteiger partial charge < -0.3 is 4.90 Å². The molecule has 1 aromatic heterocycles. The van der Waals surface area contributed by atoms with Gasteiger partial charge in [0.25, 0.3) is 0 Å². The van der Waals surface area contributed by atoms with Crippen LogP contribution in [0, 0.1) is 5.92 Å². The van der Waals surface area contributed by atoms with Crippen LogP contribution in [0.1, 0.15) is 43.5 Å². The highest BCUT2D eigenvalue weighted by molar-refractivity contribution is 5.80. The Bertz CT molecular complexity index is 953. The molecule has 0 radical (unpaired) electrons. The third-order valence-corrected chi connectivity index (χ3v) is 5.37. The normalized spacial score (nSPS) is 17.9. The SMILES string of the molecule is CN(C)c1nc2nc(n1)NNC(=O)[C@@H](CN(C=O)OCc1ccccc1)CCCC/C=C\CC2. The van der Waals surface area contributed by atoms with Gasteiger partial charge in [-0.05, 0) is 31.2 Å². The molecule has 0 unspecified atom stereocenters. The summed E-state index contributed by atoms with van der Waals surface area (Å²) >= 11 is 0. The zero-order chi connectivity index (χ0) is 24.2. The number of hydroxylamine groups is 2. The maximum Gasteiger partial charge on any atom is 0.246 e. The molecule has 0 saturated heterocycles. The minimum Gasteiger partial charge on any atom is -0.347 e. The van der Waals surface area contributed by atoms with Crippen molar-refractivity contribution >= 4 is 24.2 Å². The molecule has 0 saturated carbocycles. The fraction of sp³-hybridized carbons (Fsp3) is 0.458. The molecule has 1 aromatic carbocycles. The first-order chi connectivity index (χ1) is 16.5. The maximum absolute atomic E-state index is 13.0. The third kappa shape index (κ3) is 8.11. The van der Waals surface area contributed by atoms with E-state index >= 15 is 0 Å². The summed E-state index contributed by atoms with van der Waals surface area (Å²) < 4.78 is 0. The van der Waals surface area contributed by atoms with Crippen molar-refractivity contribution in [1.29, 1.82) is 0 Å². The summed E-state index contributed by atoms with van der Waals surface area (Å²) in [6.45, 7) is 0.392. The summed E-state index contributed by atoms with van der Waals surface area (Å²) in [4.78, 5) is 45.4. The van der Waals surface area contributed by atoms with Gasteiger partial charge in [-0.15, -0.1) is 0 Å². The molecular formula is C24H33N7O3. The van der Waals surface area contributed by atoms with E-state index in [0.717, 1.165) is 31.2 Å². The van der Waals surface area contributed by atoms with E-state index in [4.69, 9.17) is 4.84 Å². The number of hydrogen-bond donors (Lipinski definition) is 2. The van der Waals surface area contributed by atoms with Crippen LogP contribution >= 0.6 is 0 Å². The summed E-state index contributed by atoms with van der Waals surface area (Å²) in [7, 11) is 3.70. The van der Waals surface area contributed by atoms with E-state index in [1.165, 1.54) is 5.06 Å². The molecule has 1 aliphatic rings. The van der Waals surface area contributed by atoms with Crippen molar-refractivity contribution in [1.82, 2.24) is 25.4 Å². The van der Waals surface area contributed by atoms with Crippen LogP contribution in [-0.2, 0) is 27.5 Å². The lowest BCUT2D eigenvalue weighted by Gasteiger charge is -2.23. The van der Waals surface area contributed by atoms with Gasteiger partial charge in [0, 0.05) is 20.5 Å². The topological polar surface area (TPSA) is 113 Å². The highest BCUT2D eigenvalue weighted by atomic mass is 16.7. The lowest BCUT2D eigenvalue weighted by Crippen LogP contribution is -2.41. The van der Waals surface area contributed by atoms with E-state index in [1.54, 1.807) is 4.90 Å². The Morgan fingerprint density at radius 3 is 2.62 bits per heavy atom. The maximum atomic E-state index is 13.0. The smallest absolute Gasteiger partial charge is 0.246 e. The van der Waals surface area contributed by atoms with E-state index in [2.05, 4.69) is 38.0 Å². The van der Waals surface area contributed by atoms with Crippen LogP contribution in [0.3, 0.4) is 0 Å². The quantitative estimate of drug-likeness (QED) is 0.363. The third-order valence-electron chi connectivity index (χ3n) is 5.37. The van der Waals surface area contributed by atoms with Gasteiger partial charge in [0.15, 0.2) is 0 Å². The van der Waals surface area contributed by atoms with Gasteiger partial charge in [-0.3, -0.25) is 25.3 Å². The number of nitrogens with one attached hydrogen (secondary N) is 2. The number of fused-ring (bicyclic) bond motifs is 2. The predicted octanol–water partition coefficient (Wildman–Crippen LogP) is 2.65. The minimum absolute atomic E-state index is 0.144. The van der Waals surface area contributed by atoms with E-state index in [9.17, 15) is 9.59 Å². The lowest BCUT2D eigenvalue weighted by molar-refractivity contribution is -0.182. The average Bonchev–Trinajstić information content (AvgIpc) is 2.85. The number of allylic oxidation sites excluding steroid dienone is 2. The van der Waals surface area contributed by atoms with E-state index in [0.29, 0.717) is 31.0 Å². The van der Waals surface area contributed by atoms with Gasteiger partial charge >= 0.3 is 0 Å². The van der Waals surface area contributed by atoms with Crippen molar-refractivity contribution < 1.29 is 14.4 Å². The number of carbonyl (C=O) groups is 2. The molecule has 3 rings (SSSR count). The fourth-order valence-corrected chi connectivity index (χ4v) is 3.48. The van der Waals surface area contributed by atoms with Crippen LogP contribution in [0.4, 0.5) is 11.9 Å². The zero-order valence-electron chi connectivity index (χ0n) is 19.8. The molecule has 0 spiro atoms. The summed E-state index contributed by atoms with van der Waals surface area (Å²) in [6, 6.07) is 9.57. The Kier molecular flexibility index (Phi) is 9.78. The summed E-state index contributed by atoms with van der Waals surface area (Å²) in [6.07, 6.45) is 9.77. The van der Waals surface area contributed by atoms with Gasteiger partial charge in [-0.25, -0.2) is 5.06 Å². The van der Waals surface area contributed by atoms with Gasteiger partial charge in [0.1, 0.15) is 12.4 Å². The molecule has 1 atom stereocenters. The number of aromatic nitrogens is 3. The number of amides is 2. The van der Waals surface area contributed by atoms with Crippen LogP contribution in [0.25, 0.3) is 0 Å². The number of aryl methyl sites for hydroxylation is 1. The number of hydrazine groups is 1. The second kappa shape index (κ2) is 13.2. The van der Waals surface area contributed by atoms with Gasteiger partial charge in [0.05, 0.1) is 12.5 Å². The number of benzene rings is 1. The van der Waals surface area contributed by atoms with Crippen molar-refractivity contribution in [2.45, 2.75) is 45.1 Å². The fourth-order valence-electron chi connectivity index (χ4n) is 3.48. The van der Waals surface area contributed by atoms with Crippen LogP contribution in [0.5, 0.6) is 0 Å². The number of carbonyl (C=O) groups excluding carboxylic acids is 2. The van der Waals surface area contributed by atoms with Gasteiger partial charge in [0.2, 0.25) is 24.2 Å². The Morgan fingerprint density at radius 2 is 1.85 bits per heavy atom. The molecule has 1 aliphatic heterocycles. The van der Waals surface area contributed by atoms with Crippen molar-refractivity contribution in [3.63, 3.8) is 0 Å². The molecule has 2 bridgehead atoms. The number of rotatable bonds is 7. The molecular weight excluding hydrogens is 434 g/mol. The van der Waals surface area contributed by atoms with E-state index < -0.39 is 5.92 Å². The summed E-state index contributed by atoms with van der Waals surface area (Å²) in [5.41, 5.74) is 6.47. The highest BCUT2D eigenvalue weighted by Gasteiger charge is 2.22. The molecule has 2 aromatic rings. The Morgan fingerprint density at radius 1 is 1.06 bits per heavy atom. The van der Waals surface area contributed by atoms with Crippen LogP contribution in [0.2, 0.25) is 0 Å². The molecule has 2 amide bonds. The molecule has 0 aliphatic carbocycles. The standard InChI is InChI=1S/C24H33N7O3/c1-30(2)24-26-21-15-11-6-4-3-5-10-14-20(22(33)28-29-23(25-21)27-24)16-31(18-32)34-17-19-12-8-7-9-13-19/h4,6-9,12-13,18,20H,3,5,10-11,14-17H2,1-2H3,(H,28,33)(H,25,26,27,29)/b6-4-/t20-/m1/s1. The first-order valence-electron chi connectivity index (χ1n) is 11.6. The van der Waals surface area contributed by atoms with Crippen LogP contribution in [-0.4, -0.2) is 53.0 Å².